The van der Waals surface area contributed by atoms with Gasteiger partial charge in [-0.25, -0.2) is 17.7 Å². The van der Waals surface area contributed by atoms with Crippen LogP contribution in [-0.2, 0) is 17.8 Å². The van der Waals surface area contributed by atoms with Crippen LogP contribution in [-0.4, -0.2) is 15.9 Å². The number of fused-ring (bicyclic) bond motifs is 5. The first-order valence-electron chi connectivity index (χ1n) is 10.3. The van der Waals surface area contributed by atoms with Gasteiger partial charge in [-0.05, 0) is 28.3 Å². The Bertz CT molecular complexity index is 1390. The van der Waals surface area contributed by atoms with Crippen LogP contribution in [0.5, 0.6) is 0 Å². The first-order chi connectivity index (χ1) is 15.9. The summed E-state index contributed by atoms with van der Waals surface area (Å²) >= 11 is 0. The van der Waals surface area contributed by atoms with Crippen LogP contribution in [0.1, 0.15) is 23.0 Å². The summed E-state index contributed by atoms with van der Waals surface area (Å²) in [5.74, 6) is -9.81. The minimum Gasteiger partial charge on any atom is -0.363 e. The van der Waals surface area contributed by atoms with E-state index >= 15 is 0 Å². The molecule has 0 unspecified atom stereocenters. The third-order valence-electron chi connectivity index (χ3n) is 6.24. The summed E-state index contributed by atoms with van der Waals surface area (Å²) in [5.41, 5.74) is 2.93. The molecule has 1 aromatic heterocycles. The molecule has 9 heteroatoms. The van der Waals surface area contributed by atoms with Crippen LogP contribution in [0.25, 0.3) is 16.8 Å². The molecule has 0 N–H and O–H groups in total. The maximum Gasteiger partial charge on any atom is 0.304 e. The summed E-state index contributed by atoms with van der Waals surface area (Å²) in [4.78, 5) is 0. The maximum absolute atomic E-state index is 14.4. The van der Waals surface area contributed by atoms with Crippen molar-refractivity contribution in [3.63, 3.8) is 0 Å². The fraction of sp³-hybridized carbons (Fsp3) is 0.167. The average molecular weight is 456 g/mol. The molecule has 0 spiro atoms. The molecule has 2 heterocycles. The van der Waals surface area contributed by atoms with Gasteiger partial charge in [0.05, 0.1) is 0 Å². The lowest BCUT2D eigenvalue weighted by Gasteiger charge is -2.23. The Morgan fingerprint density at radius 3 is 2.27 bits per heavy atom. The Morgan fingerprint density at radius 2 is 1.55 bits per heavy atom. The van der Waals surface area contributed by atoms with Crippen molar-refractivity contribution in [1.29, 1.82) is 0 Å². The van der Waals surface area contributed by atoms with Crippen molar-refractivity contribution in [2.24, 2.45) is 0 Å². The second-order valence-electron chi connectivity index (χ2n) is 8.08. The van der Waals surface area contributed by atoms with Crippen molar-refractivity contribution in [1.82, 2.24) is 9.78 Å². The van der Waals surface area contributed by atoms with Crippen molar-refractivity contribution < 1.29 is 31.3 Å². The van der Waals surface area contributed by atoms with Crippen LogP contribution < -0.4 is 4.57 Å². The van der Waals surface area contributed by atoms with Gasteiger partial charge in [-0.2, -0.15) is 8.78 Å². The van der Waals surface area contributed by atoms with Crippen LogP contribution in [0.3, 0.4) is 0 Å². The van der Waals surface area contributed by atoms with E-state index in [4.69, 9.17) is 4.74 Å². The zero-order chi connectivity index (χ0) is 22.9. The molecule has 4 aromatic rings. The van der Waals surface area contributed by atoms with E-state index in [1.165, 1.54) is 6.33 Å². The largest absolute Gasteiger partial charge is 0.363 e. The van der Waals surface area contributed by atoms with Gasteiger partial charge in [-0.1, -0.05) is 47.1 Å². The number of nitrogens with zero attached hydrogens (tertiary/aromatic N) is 3. The standard InChI is InChI=1S/C24H15F5N3O/c25-18-19(26)21(28)24(22(29)20(18)27)32-11-31-17(30-32)10-33-16-9-14-7-6-13(8-15(14)23(16)31)12-4-2-1-3-5-12/h1-8,11,16,23H,9-10H2/q+1/t16-,23+/m0/s1. The highest BCUT2D eigenvalue weighted by Crippen LogP contribution is 2.38. The molecule has 33 heavy (non-hydrogen) atoms. The lowest BCUT2D eigenvalue weighted by molar-refractivity contribution is -0.739. The Balaban J connectivity index is 1.48. The minimum atomic E-state index is -2.21. The number of halogens is 5. The molecule has 0 radical (unpaired) electrons. The molecule has 2 atom stereocenters. The third kappa shape index (κ3) is 2.92. The van der Waals surface area contributed by atoms with E-state index in [-0.39, 0.29) is 18.8 Å². The van der Waals surface area contributed by atoms with Crippen LogP contribution in [0.15, 0.2) is 54.9 Å². The highest BCUT2D eigenvalue weighted by atomic mass is 19.2. The molecule has 1 aliphatic carbocycles. The molecule has 0 saturated carbocycles. The fourth-order valence-corrected chi connectivity index (χ4v) is 4.68. The number of hydrogen-bond donors (Lipinski definition) is 0. The number of ether oxygens (including phenoxy) is 1. The van der Waals surface area contributed by atoms with Crippen LogP contribution in [0, 0.1) is 29.1 Å². The van der Waals surface area contributed by atoms with E-state index in [1.807, 2.05) is 48.5 Å². The molecule has 0 bridgehead atoms. The van der Waals surface area contributed by atoms with E-state index in [9.17, 15) is 22.0 Å². The summed E-state index contributed by atoms with van der Waals surface area (Å²) in [7, 11) is 0. The van der Waals surface area contributed by atoms with E-state index in [2.05, 4.69) is 5.10 Å². The highest BCUT2D eigenvalue weighted by molar-refractivity contribution is 5.65. The van der Waals surface area contributed by atoms with Crippen molar-refractivity contribution in [2.75, 3.05) is 0 Å². The monoisotopic (exact) mass is 456 g/mol. The molecule has 4 nitrogen and oxygen atoms in total. The zero-order valence-corrected chi connectivity index (χ0v) is 16.9. The van der Waals surface area contributed by atoms with Crippen molar-refractivity contribution in [2.45, 2.75) is 25.2 Å². The Kier molecular flexibility index (Phi) is 4.38. The van der Waals surface area contributed by atoms with E-state index < -0.39 is 34.8 Å². The van der Waals surface area contributed by atoms with E-state index in [0.717, 1.165) is 22.3 Å². The van der Waals surface area contributed by atoms with Crippen molar-refractivity contribution in [3.05, 3.63) is 101 Å². The van der Waals surface area contributed by atoms with Gasteiger partial charge in [0.1, 0.15) is 18.8 Å². The zero-order valence-electron chi connectivity index (χ0n) is 16.9. The number of rotatable bonds is 2. The smallest absolute Gasteiger partial charge is 0.304 e. The molecule has 166 valence electrons. The molecular weight excluding hydrogens is 441 g/mol. The summed E-state index contributed by atoms with van der Waals surface area (Å²) < 4.78 is 78.1. The molecule has 0 amide bonds. The van der Waals surface area contributed by atoms with Gasteiger partial charge in [0.25, 0.3) is 0 Å². The average Bonchev–Trinajstić information content (AvgIpc) is 3.42. The summed E-state index contributed by atoms with van der Waals surface area (Å²) in [5, 5.41) is 4.09. The second-order valence-corrected chi connectivity index (χ2v) is 8.08. The lowest BCUT2D eigenvalue weighted by Crippen LogP contribution is -2.51. The molecule has 2 aliphatic rings. The lowest BCUT2D eigenvalue weighted by atomic mass is 9.99. The predicted octanol–water partition coefficient (Wildman–Crippen LogP) is 4.57. The molecular formula is C24H15F5N3O+. The number of aromatic nitrogens is 3. The molecule has 1 aliphatic heterocycles. The topological polar surface area (TPSA) is 30.9 Å². The molecule has 6 rings (SSSR count). The number of benzene rings is 3. The van der Waals surface area contributed by atoms with Gasteiger partial charge >= 0.3 is 5.82 Å². The van der Waals surface area contributed by atoms with Crippen LogP contribution in [0.4, 0.5) is 22.0 Å². The van der Waals surface area contributed by atoms with Gasteiger partial charge in [0.2, 0.25) is 41.1 Å². The predicted molar refractivity (Wildman–Crippen MR) is 106 cm³/mol. The van der Waals surface area contributed by atoms with Gasteiger partial charge in [0.15, 0.2) is 0 Å². The molecule has 0 saturated heterocycles. The van der Waals surface area contributed by atoms with Crippen LogP contribution >= 0.6 is 0 Å². The van der Waals surface area contributed by atoms with Crippen molar-refractivity contribution >= 4 is 0 Å². The highest BCUT2D eigenvalue weighted by Gasteiger charge is 2.44. The van der Waals surface area contributed by atoms with Gasteiger partial charge in [0, 0.05) is 11.5 Å². The van der Waals surface area contributed by atoms with Gasteiger partial charge in [-0.15, -0.1) is 0 Å². The SMILES string of the molecule is Fc1c(F)c(F)c(-n2c[n+]3c(n2)CO[C@H]2Cc4ccc(-c5ccccc5)cc4[C@H]23)c(F)c1F. The first kappa shape index (κ1) is 20.0. The van der Waals surface area contributed by atoms with Crippen LogP contribution in [0.2, 0.25) is 0 Å². The number of hydrogen-bond acceptors (Lipinski definition) is 2. The minimum absolute atomic E-state index is 0.0447. The normalized spacial score (nSPS) is 18.7. The first-order valence-corrected chi connectivity index (χ1v) is 10.3. The molecule has 3 aromatic carbocycles. The molecule has 0 fully saturated rings. The van der Waals surface area contributed by atoms with E-state index in [1.54, 1.807) is 4.57 Å². The summed E-state index contributed by atoms with van der Waals surface area (Å²) in [6.45, 7) is 0.0447. The fourth-order valence-electron chi connectivity index (χ4n) is 4.68. The summed E-state index contributed by atoms with van der Waals surface area (Å²) in [6.07, 6.45) is 1.66. The summed E-state index contributed by atoms with van der Waals surface area (Å²) in [6, 6.07) is 15.5. The van der Waals surface area contributed by atoms with E-state index in [0.29, 0.717) is 16.9 Å². The second kappa shape index (κ2) is 7.21. The maximum atomic E-state index is 14.4. The van der Waals surface area contributed by atoms with Gasteiger partial charge in [-0.3, -0.25) is 0 Å². The van der Waals surface area contributed by atoms with Crippen molar-refractivity contribution in [3.8, 4) is 16.8 Å². The Hall–Kier alpha value is -3.59. The quantitative estimate of drug-likeness (QED) is 0.192. The van der Waals surface area contributed by atoms with Gasteiger partial charge < -0.3 is 4.74 Å². The Morgan fingerprint density at radius 1 is 0.848 bits per heavy atom. The third-order valence-corrected chi connectivity index (χ3v) is 6.24. The Labute approximate surface area is 184 Å².